The number of nitrogens with zero attached hydrogens (tertiary/aromatic N) is 5. The Morgan fingerprint density at radius 2 is 0.710 bits per heavy atom. The molecular formula is C56H35N5O. The summed E-state index contributed by atoms with van der Waals surface area (Å²) in [6, 6.07) is 73.5. The number of benzene rings is 8. The van der Waals surface area contributed by atoms with Crippen molar-refractivity contribution in [1.29, 1.82) is 0 Å². The number of fused-ring (bicyclic) bond motifs is 6. The third-order valence-corrected chi connectivity index (χ3v) is 11.6. The number of pyridine rings is 1. The van der Waals surface area contributed by atoms with Gasteiger partial charge in [-0.25, -0.2) is 19.9 Å². The zero-order chi connectivity index (χ0) is 41.0. The van der Waals surface area contributed by atoms with Crippen LogP contribution in [0.5, 0.6) is 0 Å². The van der Waals surface area contributed by atoms with Crippen LogP contribution in [0.2, 0.25) is 0 Å². The van der Waals surface area contributed by atoms with Gasteiger partial charge in [0.2, 0.25) is 0 Å². The van der Waals surface area contributed by atoms with Crippen molar-refractivity contribution in [2.45, 2.75) is 0 Å². The van der Waals surface area contributed by atoms with Crippen LogP contribution in [-0.2, 0) is 0 Å². The topological polar surface area (TPSA) is 69.6 Å². The molecule has 0 atom stereocenters. The number of hydrogen-bond donors (Lipinski definition) is 0. The molecule has 62 heavy (non-hydrogen) atoms. The highest BCUT2D eigenvalue weighted by Crippen LogP contribution is 2.39. The van der Waals surface area contributed by atoms with E-state index in [2.05, 4.69) is 132 Å². The van der Waals surface area contributed by atoms with Crippen LogP contribution in [0.3, 0.4) is 0 Å². The molecule has 6 nitrogen and oxygen atoms in total. The van der Waals surface area contributed by atoms with E-state index in [1.807, 2.05) is 84.9 Å². The maximum atomic E-state index is 6.42. The first kappa shape index (κ1) is 35.5. The smallest absolute Gasteiger partial charge is 0.164 e. The van der Waals surface area contributed by atoms with Crippen LogP contribution in [0.1, 0.15) is 0 Å². The van der Waals surface area contributed by atoms with Crippen LogP contribution in [0, 0.1) is 0 Å². The first-order valence-electron chi connectivity index (χ1n) is 20.7. The maximum absolute atomic E-state index is 6.42. The first-order chi connectivity index (χ1) is 30.7. The molecule has 0 fully saturated rings. The molecule has 0 bridgehead atoms. The van der Waals surface area contributed by atoms with Gasteiger partial charge in [-0.2, -0.15) is 0 Å². The zero-order valence-electron chi connectivity index (χ0n) is 33.4. The molecular weight excluding hydrogens is 759 g/mol. The minimum absolute atomic E-state index is 0.605. The fourth-order valence-electron chi connectivity index (χ4n) is 8.62. The number of furan rings is 1. The second-order valence-electron chi connectivity index (χ2n) is 15.5. The van der Waals surface area contributed by atoms with E-state index in [1.165, 1.54) is 10.8 Å². The molecule has 0 N–H and O–H groups in total. The van der Waals surface area contributed by atoms with Crippen LogP contribution < -0.4 is 0 Å². The lowest BCUT2D eigenvalue weighted by Crippen LogP contribution is -2.00. The first-order valence-corrected chi connectivity index (χ1v) is 20.7. The molecule has 0 aliphatic carbocycles. The predicted molar refractivity (Wildman–Crippen MR) is 252 cm³/mol. The highest BCUT2D eigenvalue weighted by molar-refractivity contribution is 6.11. The van der Waals surface area contributed by atoms with Crippen LogP contribution >= 0.6 is 0 Å². The molecule has 12 aromatic rings. The fourth-order valence-corrected chi connectivity index (χ4v) is 8.62. The van der Waals surface area contributed by atoms with Gasteiger partial charge in [0.25, 0.3) is 0 Å². The van der Waals surface area contributed by atoms with Crippen LogP contribution in [0.4, 0.5) is 0 Å². The molecule has 4 heterocycles. The average Bonchev–Trinajstić information content (AvgIpc) is 3.89. The summed E-state index contributed by atoms with van der Waals surface area (Å²) in [6.07, 6.45) is 0. The lowest BCUT2D eigenvalue weighted by Gasteiger charge is -2.13. The molecule has 4 aromatic heterocycles. The van der Waals surface area contributed by atoms with Crippen LogP contribution in [0.25, 0.3) is 117 Å². The molecule has 0 saturated carbocycles. The van der Waals surface area contributed by atoms with Crippen molar-refractivity contribution in [2.24, 2.45) is 0 Å². The molecule has 12 rings (SSSR count). The van der Waals surface area contributed by atoms with Crippen molar-refractivity contribution < 1.29 is 4.42 Å². The van der Waals surface area contributed by atoms with E-state index < -0.39 is 0 Å². The van der Waals surface area contributed by atoms with Gasteiger partial charge in [-0.3, -0.25) is 0 Å². The fraction of sp³-hybridized carbons (Fsp3) is 0. The SMILES string of the molecule is c1ccc(-c2cc(-n3c4ccccc4c4cc(-c5ccc6oc7ccc(-c8nc(-c9ccccc9)nc(-c9ccccc9)n8)cc7c6c5)ccc43)cc(-c3ccccc3)n2)cc1. The van der Waals surface area contributed by atoms with E-state index in [-0.39, 0.29) is 0 Å². The van der Waals surface area contributed by atoms with E-state index in [0.717, 1.165) is 89.0 Å². The van der Waals surface area contributed by atoms with Gasteiger partial charge in [0, 0.05) is 49.4 Å². The predicted octanol–water partition coefficient (Wildman–Crippen LogP) is 14.3. The number of rotatable bonds is 7. The minimum atomic E-state index is 0.605. The Bertz CT molecular complexity index is 3500. The molecule has 0 saturated heterocycles. The van der Waals surface area contributed by atoms with E-state index >= 15 is 0 Å². The molecule has 6 heteroatoms. The number of hydrogen-bond acceptors (Lipinski definition) is 5. The van der Waals surface area contributed by atoms with E-state index in [1.54, 1.807) is 0 Å². The zero-order valence-corrected chi connectivity index (χ0v) is 33.4. The molecule has 8 aromatic carbocycles. The third kappa shape index (κ3) is 6.21. The summed E-state index contributed by atoms with van der Waals surface area (Å²) in [5.74, 6) is 1.86. The van der Waals surface area contributed by atoms with Gasteiger partial charge in [-0.15, -0.1) is 0 Å². The van der Waals surface area contributed by atoms with E-state index in [4.69, 9.17) is 24.4 Å². The third-order valence-electron chi connectivity index (χ3n) is 11.6. The molecule has 0 aliphatic heterocycles. The number of aromatic nitrogens is 5. The van der Waals surface area contributed by atoms with Gasteiger partial charge >= 0.3 is 0 Å². The Kier molecular flexibility index (Phi) is 8.38. The molecule has 0 spiro atoms. The van der Waals surface area contributed by atoms with E-state index in [9.17, 15) is 0 Å². The normalized spacial score (nSPS) is 11.5. The Morgan fingerprint density at radius 3 is 1.27 bits per heavy atom. The maximum Gasteiger partial charge on any atom is 0.164 e. The molecule has 0 aliphatic rings. The second-order valence-corrected chi connectivity index (χ2v) is 15.5. The molecule has 0 unspecified atom stereocenters. The molecule has 290 valence electrons. The van der Waals surface area contributed by atoms with Gasteiger partial charge < -0.3 is 8.98 Å². The summed E-state index contributed by atoms with van der Waals surface area (Å²) >= 11 is 0. The summed E-state index contributed by atoms with van der Waals surface area (Å²) in [6.45, 7) is 0. The summed E-state index contributed by atoms with van der Waals surface area (Å²) in [5, 5.41) is 4.39. The standard InChI is InChI=1S/C56H35N5O/c1-5-15-36(16-6-1)48-34-43(35-49(57-48)37-17-7-2-8-18-37)61-50-24-14-13-23-44(50)45-31-40(25-28-51(45)61)41-26-29-52-46(32-41)47-33-42(27-30-53(47)62-52)56-59-54(38-19-9-3-10-20-38)58-55(60-56)39-21-11-4-12-22-39/h1-35H. The second kappa shape index (κ2) is 14.7. The van der Waals surface area contributed by atoms with Crippen molar-refractivity contribution in [1.82, 2.24) is 24.5 Å². The Balaban J connectivity index is 0.984. The Morgan fingerprint density at radius 1 is 0.290 bits per heavy atom. The lowest BCUT2D eigenvalue weighted by atomic mass is 10.00. The highest BCUT2D eigenvalue weighted by Gasteiger charge is 2.18. The lowest BCUT2D eigenvalue weighted by molar-refractivity contribution is 0.669. The molecule has 0 amide bonds. The quantitative estimate of drug-likeness (QED) is 0.161. The summed E-state index contributed by atoms with van der Waals surface area (Å²) < 4.78 is 8.79. The summed E-state index contributed by atoms with van der Waals surface area (Å²) in [7, 11) is 0. The van der Waals surface area contributed by atoms with Crippen LogP contribution in [-0.4, -0.2) is 24.5 Å². The van der Waals surface area contributed by atoms with Crippen molar-refractivity contribution in [3.8, 4) is 73.5 Å². The molecule has 0 radical (unpaired) electrons. The van der Waals surface area contributed by atoms with Crippen molar-refractivity contribution in [3.63, 3.8) is 0 Å². The van der Waals surface area contributed by atoms with Crippen molar-refractivity contribution in [2.75, 3.05) is 0 Å². The van der Waals surface area contributed by atoms with Crippen molar-refractivity contribution >= 4 is 43.7 Å². The van der Waals surface area contributed by atoms with Gasteiger partial charge in [0.05, 0.1) is 28.1 Å². The monoisotopic (exact) mass is 793 g/mol. The number of para-hydroxylation sites is 1. The summed E-state index contributed by atoms with van der Waals surface area (Å²) in [5.41, 5.74) is 13.9. The van der Waals surface area contributed by atoms with Crippen molar-refractivity contribution in [3.05, 3.63) is 212 Å². The Labute approximate surface area is 357 Å². The van der Waals surface area contributed by atoms with Gasteiger partial charge in [-0.05, 0) is 71.8 Å². The van der Waals surface area contributed by atoms with Gasteiger partial charge in [-0.1, -0.05) is 152 Å². The minimum Gasteiger partial charge on any atom is -0.456 e. The van der Waals surface area contributed by atoms with E-state index in [0.29, 0.717) is 17.5 Å². The Hall–Kier alpha value is -8.48. The highest BCUT2D eigenvalue weighted by atomic mass is 16.3. The summed E-state index contributed by atoms with van der Waals surface area (Å²) in [4.78, 5) is 20.0. The van der Waals surface area contributed by atoms with Gasteiger partial charge in [0.1, 0.15) is 11.2 Å². The average molecular weight is 794 g/mol. The van der Waals surface area contributed by atoms with Gasteiger partial charge in [0.15, 0.2) is 17.5 Å². The largest absolute Gasteiger partial charge is 0.456 e. The van der Waals surface area contributed by atoms with Crippen LogP contribution in [0.15, 0.2) is 217 Å².